The van der Waals surface area contributed by atoms with E-state index in [1.165, 1.54) is 24.3 Å². The molecule has 146 valence electrons. The second-order valence-electron chi connectivity index (χ2n) is 6.59. The summed E-state index contributed by atoms with van der Waals surface area (Å²) in [4.78, 5) is 0. The third-order valence-electron chi connectivity index (χ3n) is 4.70. The summed E-state index contributed by atoms with van der Waals surface area (Å²) in [5.74, 6) is -0.822. The van der Waals surface area contributed by atoms with Gasteiger partial charge in [0.25, 0.3) is 0 Å². The van der Waals surface area contributed by atoms with E-state index in [2.05, 4.69) is 10.2 Å². The van der Waals surface area contributed by atoms with Gasteiger partial charge in [-0.1, -0.05) is 47.6 Å². The Labute approximate surface area is 166 Å². The van der Waals surface area contributed by atoms with Gasteiger partial charge in [-0.25, -0.2) is 8.96 Å². The highest BCUT2D eigenvalue weighted by Gasteiger charge is 2.21. The number of hydrogen-bond acceptors (Lipinski definition) is 5. The first-order valence-corrected chi connectivity index (χ1v) is 9.03. The minimum atomic E-state index is -0.577. The number of hydrogen-bond donors (Lipinski definition) is 3. The highest BCUT2D eigenvalue weighted by atomic mass is 19.1. The van der Waals surface area contributed by atoms with Crippen LogP contribution in [0.25, 0.3) is 17.1 Å². The molecule has 29 heavy (non-hydrogen) atoms. The zero-order chi connectivity index (χ0) is 20.4. The fourth-order valence-corrected chi connectivity index (χ4v) is 3.23. The van der Waals surface area contributed by atoms with E-state index in [9.17, 15) is 19.7 Å². The van der Waals surface area contributed by atoms with Gasteiger partial charge in [-0.15, -0.1) is 5.10 Å². The molecule has 3 N–H and O–H groups in total. The molecule has 0 aliphatic rings. The number of nitrogens with zero attached hydrogens (tertiary/aromatic N) is 3. The number of benzene rings is 3. The SMILES string of the molecule is Oc1cc(O)c(-c2nnc(O)n2-c2ccccc2F)cc1CCc1ccccc1. The minimum Gasteiger partial charge on any atom is -0.508 e. The second-order valence-corrected chi connectivity index (χ2v) is 6.59. The van der Waals surface area contributed by atoms with Crippen LogP contribution in [0.2, 0.25) is 0 Å². The molecular formula is C22H18FN3O3. The average Bonchev–Trinajstić information content (AvgIpc) is 3.09. The third kappa shape index (κ3) is 3.62. The molecule has 0 saturated carbocycles. The van der Waals surface area contributed by atoms with Crippen molar-refractivity contribution in [2.75, 3.05) is 0 Å². The molecule has 0 amide bonds. The molecule has 0 aliphatic carbocycles. The first-order valence-electron chi connectivity index (χ1n) is 9.03. The maximum Gasteiger partial charge on any atom is 0.319 e. The summed E-state index contributed by atoms with van der Waals surface area (Å²) in [7, 11) is 0. The molecule has 0 bridgehead atoms. The van der Waals surface area contributed by atoms with Crippen molar-refractivity contribution in [3.63, 3.8) is 0 Å². The maximum absolute atomic E-state index is 14.3. The summed E-state index contributed by atoms with van der Waals surface area (Å²) in [5, 5.41) is 38.3. The van der Waals surface area contributed by atoms with Crippen LogP contribution in [0.1, 0.15) is 11.1 Å². The first kappa shape index (κ1) is 18.5. The number of aromatic hydroxyl groups is 3. The summed E-state index contributed by atoms with van der Waals surface area (Å²) < 4.78 is 15.4. The zero-order valence-corrected chi connectivity index (χ0v) is 15.3. The lowest BCUT2D eigenvalue weighted by Crippen LogP contribution is -2.01. The number of para-hydroxylation sites is 1. The molecule has 0 saturated heterocycles. The molecule has 0 aliphatic heterocycles. The number of aromatic nitrogens is 3. The Morgan fingerprint density at radius 1 is 0.793 bits per heavy atom. The van der Waals surface area contributed by atoms with E-state index in [0.717, 1.165) is 10.1 Å². The van der Waals surface area contributed by atoms with Crippen LogP contribution in [-0.2, 0) is 12.8 Å². The van der Waals surface area contributed by atoms with Gasteiger partial charge < -0.3 is 15.3 Å². The standard InChI is InChI=1S/C22H18FN3O3/c23-17-8-4-5-9-18(17)26-21(24-25-22(26)29)16-12-15(19(27)13-20(16)28)11-10-14-6-2-1-3-7-14/h1-9,12-13,27-28H,10-11H2,(H,25,29). The molecule has 4 rings (SSSR count). The fourth-order valence-electron chi connectivity index (χ4n) is 3.23. The molecular weight excluding hydrogens is 373 g/mol. The van der Waals surface area contributed by atoms with E-state index in [-0.39, 0.29) is 28.6 Å². The van der Waals surface area contributed by atoms with Crippen LogP contribution in [0.5, 0.6) is 17.5 Å². The van der Waals surface area contributed by atoms with Gasteiger partial charge in [0, 0.05) is 6.07 Å². The second kappa shape index (κ2) is 7.63. The monoisotopic (exact) mass is 391 g/mol. The molecule has 3 aromatic carbocycles. The molecule has 0 fully saturated rings. The van der Waals surface area contributed by atoms with Crippen LogP contribution in [0.3, 0.4) is 0 Å². The van der Waals surface area contributed by atoms with Crippen molar-refractivity contribution >= 4 is 0 Å². The Bertz CT molecular complexity index is 1160. The Hall–Kier alpha value is -3.87. The van der Waals surface area contributed by atoms with Gasteiger partial charge in [0.05, 0.1) is 11.3 Å². The van der Waals surface area contributed by atoms with Gasteiger partial charge in [-0.3, -0.25) is 0 Å². The van der Waals surface area contributed by atoms with Crippen LogP contribution >= 0.6 is 0 Å². The minimum absolute atomic E-state index is 0.0447. The van der Waals surface area contributed by atoms with Crippen molar-refractivity contribution in [2.45, 2.75) is 12.8 Å². The van der Waals surface area contributed by atoms with Gasteiger partial charge in [-0.05, 0) is 42.2 Å². The molecule has 0 unspecified atom stereocenters. The molecule has 4 aromatic rings. The molecule has 1 heterocycles. The Kier molecular flexibility index (Phi) is 4.87. The summed E-state index contributed by atoms with van der Waals surface area (Å²) in [6.45, 7) is 0. The van der Waals surface area contributed by atoms with Gasteiger partial charge in [0.1, 0.15) is 17.3 Å². The Morgan fingerprint density at radius 3 is 2.28 bits per heavy atom. The van der Waals surface area contributed by atoms with Crippen molar-refractivity contribution in [1.82, 2.24) is 14.8 Å². The number of halogens is 1. The van der Waals surface area contributed by atoms with E-state index in [4.69, 9.17) is 0 Å². The lowest BCUT2D eigenvalue weighted by Gasteiger charge is -2.12. The van der Waals surface area contributed by atoms with E-state index in [1.54, 1.807) is 12.1 Å². The normalized spacial score (nSPS) is 10.9. The molecule has 7 heteroatoms. The first-order chi connectivity index (χ1) is 14.0. The fraction of sp³-hybridized carbons (Fsp3) is 0.0909. The smallest absolute Gasteiger partial charge is 0.319 e. The summed E-state index contributed by atoms with van der Waals surface area (Å²) in [6.07, 6.45) is 1.20. The van der Waals surface area contributed by atoms with Crippen LogP contribution in [0.4, 0.5) is 4.39 Å². The van der Waals surface area contributed by atoms with Gasteiger partial charge in [0.2, 0.25) is 0 Å². The van der Waals surface area contributed by atoms with Crippen LogP contribution in [0.15, 0.2) is 66.7 Å². The van der Waals surface area contributed by atoms with Crippen molar-refractivity contribution < 1.29 is 19.7 Å². The van der Waals surface area contributed by atoms with Crippen molar-refractivity contribution in [2.24, 2.45) is 0 Å². The van der Waals surface area contributed by atoms with Gasteiger partial charge in [0.15, 0.2) is 5.82 Å². The van der Waals surface area contributed by atoms with E-state index < -0.39 is 11.8 Å². The van der Waals surface area contributed by atoms with Crippen molar-refractivity contribution in [3.05, 3.63) is 83.7 Å². The van der Waals surface area contributed by atoms with Crippen LogP contribution in [-0.4, -0.2) is 30.1 Å². The lowest BCUT2D eigenvalue weighted by molar-refractivity contribution is 0.418. The lowest BCUT2D eigenvalue weighted by atomic mass is 10.0. The van der Waals surface area contributed by atoms with E-state index in [0.29, 0.717) is 18.4 Å². The molecule has 0 radical (unpaired) electrons. The predicted molar refractivity (Wildman–Crippen MR) is 106 cm³/mol. The topological polar surface area (TPSA) is 91.4 Å². The molecule has 1 aromatic heterocycles. The van der Waals surface area contributed by atoms with Gasteiger partial charge in [-0.2, -0.15) is 0 Å². The molecule has 0 spiro atoms. The molecule has 0 atom stereocenters. The summed E-state index contributed by atoms with van der Waals surface area (Å²) in [5.41, 5.74) is 1.96. The Balaban J connectivity index is 1.76. The van der Waals surface area contributed by atoms with Gasteiger partial charge >= 0.3 is 6.01 Å². The maximum atomic E-state index is 14.3. The summed E-state index contributed by atoms with van der Waals surface area (Å²) >= 11 is 0. The van der Waals surface area contributed by atoms with Crippen LogP contribution in [0, 0.1) is 5.82 Å². The largest absolute Gasteiger partial charge is 0.508 e. The number of phenolic OH excluding ortho intramolecular Hbond substituents is 2. The van der Waals surface area contributed by atoms with Crippen LogP contribution < -0.4 is 0 Å². The summed E-state index contributed by atoms with van der Waals surface area (Å²) in [6, 6.07) is 17.9. The molecule has 6 nitrogen and oxygen atoms in total. The highest BCUT2D eigenvalue weighted by Crippen LogP contribution is 2.37. The Morgan fingerprint density at radius 2 is 1.52 bits per heavy atom. The number of phenols is 2. The zero-order valence-electron chi connectivity index (χ0n) is 15.3. The quantitative estimate of drug-likeness (QED) is 0.479. The third-order valence-corrected chi connectivity index (χ3v) is 4.70. The van der Waals surface area contributed by atoms with E-state index >= 15 is 0 Å². The van der Waals surface area contributed by atoms with Crippen molar-refractivity contribution in [1.29, 1.82) is 0 Å². The van der Waals surface area contributed by atoms with E-state index in [1.807, 2.05) is 30.3 Å². The average molecular weight is 391 g/mol. The number of aryl methyl sites for hydroxylation is 2. The predicted octanol–water partition coefficient (Wildman–Crippen LogP) is 3.98. The van der Waals surface area contributed by atoms with Crippen molar-refractivity contribution in [3.8, 4) is 34.6 Å². The highest BCUT2D eigenvalue weighted by molar-refractivity contribution is 5.69. The number of rotatable bonds is 5.